The molecule has 0 spiro atoms. The van der Waals surface area contributed by atoms with E-state index in [2.05, 4.69) is 10.6 Å². The van der Waals surface area contributed by atoms with Crippen molar-refractivity contribution in [3.05, 3.63) is 51.9 Å². The zero-order chi connectivity index (χ0) is 22.3. The molecule has 172 valence electrons. The highest BCUT2D eigenvalue weighted by Crippen LogP contribution is 2.44. The van der Waals surface area contributed by atoms with E-state index in [1.807, 2.05) is 0 Å². The summed E-state index contributed by atoms with van der Waals surface area (Å²) in [6, 6.07) is 10.9. The maximum atomic E-state index is 13.2. The van der Waals surface area contributed by atoms with Crippen molar-refractivity contribution in [1.29, 1.82) is 0 Å². The molecule has 5 rings (SSSR count). The van der Waals surface area contributed by atoms with Crippen molar-refractivity contribution < 1.29 is 13.2 Å². The van der Waals surface area contributed by atoms with Crippen LogP contribution in [0.15, 0.2) is 40.6 Å². The number of sulfonamides is 1. The number of thiophene rings is 1. The largest absolute Gasteiger partial charge is 0.347 e. The molecule has 1 aliphatic heterocycles. The van der Waals surface area contributed by atoms with Gasteiger partial charge in [0.05, 0.1) is 6.54 Å². The van der Waals surface area contributed by atoms with Gasteiger partial charge in [0, 0.05) is 40.6 Å². The van der Waals surface area contributed by atoms with Crippen LogP contribution in [0.2, 0.25) is 5.02 Å². The number of benzene rings is 1. The van der Waals surface area contributed by atoms with Gasteiger partial charge in [0.15, 0.2) is 0 Å². The molecule has 3 aliphatic rings. The highest BCUT2D eigenvalue weighted by molar-refractivity contribution is 7.91. The van der Waals surface area contributed by atoms with Crippen LogP contribution >= 0.6 is 22.9 Å². The molecular weight excluding hydrogens is 466 g/mol. The lowest BCUT2D eigenvalue weighted by molar-refractivity contribution is 0.0951. The van der Waals surface area contributed by atoms with E-state index >= 15 is 0 Å². The van der Waals surface area contributed by atoms with Crippen LogP contribution in [0.25, 0.3) is 0 Å². The molecule has 4 atom stereocenters. The number of hydrogen-bond acceptors (Lipinski definition) is 5. The predicted molar refractivity (Wildman–Crippen MR) is 126 cm³/mol. The van der Waals surface area contributed by atoms with Crippen LogP contribution in [-0.2, 0) is 16.6 Å². The average molecular weight is 494 g/mol. The number of nitrogens with one attached hydrogen (secondary N) is 2. The van der Waals surface area contributed by atoms with Gasteiger partial charge >= 0.3 is 0 Å². The number of amides is 1. The Bertz CT molecular complexity index is 1090. The first-order chi connectivity index (χ1) is 15.4. The fraction of sp³-hybridized carbons (Fsp3) is 0.522. The van der Waals surface area contributed by atoms with Crippen molar-refractivity contribution in [2.75, 3.05) is 13.1 Å². The Morgan fingerprint density at radius 2 is 1.91 bits per heavy atom. The second-order valence-electron chi connectivity index (χ2n) is 9.21. The number of carbonyl (C=O) groups excluding carboxylic acids is 1. The van der Waals surface area contributed by atoms with Gasteiger partial charge in [-0.25, -0.2) is 8.42 Å². The molecule has 32 heavy (non-hydrogen) atoms. The van der Waals surface area contributed by atoms with Gasteiger partial charge in [-0.15, -0.1) is 11.3 Å². The van der Waals surface area contributed by atoms with Crippen molar-refractivity contribution >= 4 is 38.9 Å². The van der Waals surface area contributed by atoms with E-state index in [-0.39, 0.29) is 18.5 Å². The molecule has 0 radical (unpaired) electrons. The lowest BCUT2D eigenvalue weighted by Gasteiger charge is -2.26. The molecule has 2 aliphatic carbocycles. The number of halogens is 1. The van der Waals surface area contributed by atoms with Gasteiger partial charge in [0.25, 0.3) is 15.9 Å². The summed E-state index contributed by atoms with van der Waals surface area (Å²) in [6.07, 6.45) is 6.16. The third kappa shape index (κ3) is 4.61. The number of fused-ring (bicyclic) bond motifs is 2. The van der Waals surface area contributed by atoms with Crippen LogP contribution < -0.4 is 10.6 Å². The van der Waals surface area contributed by atoms with E-state index in [9.17, 15) is 13.2 Å². The second kappa shape index (κ2) is 9.06. The normalized spacial score (nSPS) is 27.8. The van der Waals surface area contributed by atoms with Gasteiger partial charge in [-0.1, -0.05) is 18.0 Å². The van der Waals surface area contributed by atoms with Gasteiger partial charge in [-0.2, -0.15) is 4.31 Å². The smallest absolute Gasteiger partial charge is 0.252 e. The highest BCUT2D eigenvalue weighted by Gasteiger charge is 2.42. The lowest BCUT2D eigenvalue weighted by atomic mass is 9.94. The van der Waals surface area contributed by atoms with Crippen LogP contribution in [-0.4, -0.2) is 43.8 Å². The Morgan fingerprint density at radius 1 is 1.09 bits per heavy atom. The molecule has 1 unspecified atom stereocenters. The molecule has 1 aromatic heterocycles. The first-order valence-electron chi connectivity index (χ1n) is 11.3. The number of nitrogens with zero attached hydrogens (tertiary/aromatic N) is 1. The maximum Gasteiger partial charge on any atom is 0.252 e. The Kier molecular flexibility index (Phi) is 6.33. The summed E-state index contributed by atoms with van der Waals surface area (Å²) in [6.45, 7) is 1.38. The van der Waals surface area contributed by atoms with Crippen LogP contribution in [0.5, 0.6) is 0 Å². The Labute approximate surface area is 198 Å². The third-order valence-electron chi connectivity index (χ3n) is 7.10. The standard InChI is InChI=1S/C23H28ClN3O3S2/c24-18-5-3-16(4-6-18)23(28)25-13-20-7-8-22(31-20)32(29,30)27-10-9-19(14-27)26-21-12-15-1-2-17(21)11-15/h3-8,15,17,19,21,26H,1-2,9-14H2,(H,25,28)/t15-,17-,19?,21-/m1/s1. The monoisotopic (exact) mass is 493 g/mol. The second-order valence-corrected chi connectivity index (χ2v) is 13.0. The minimum Gasteiger partial charge on any atom is -0.347 e. The van der Waals surface area contributed by atoms with Crippen molar-refractivity contribution in [2.45, 2.75) is 54.9 Å². The van der Waals surface area contributed by atoms with E-state index in [1.54, 1.807) is 40.7 Å². The molecule has 6 nitrogen and oxygen atoms in total. The topological polar surface area (TPSA) is 78.5 Å². The molecule has 2 heterocycles. The molecule has 2 bridgehead atoms. The molecule has 2 aromatic rings. The van der Waals surface area contributed by atoms with Crippen LogP contribution in [0, 0.1) is 11.8 Å². The zero-order valence-corrected chi connectivity index (χ0v) is 20.2. The molecule has 1 amide bonds. The van der Waals surface area contributed by atoms with Crippen molar-refractivity contribution in [3.63, 3.8) is 0 Å². The summed E-state index contributed by atoms with van der Waals surface area (Å²) in [7, 11) is -3.51. The van der Waals surface area contributed by atoms with Crippen LogP contribution in [0.4, 0.5) is 0 Å². The fourth-order valence-corrected chi connectivity index (χ4v) is 8.50. The minimum absolute atomic E-state index is 0.214. The Balaban J connectivity index is 1.16. The van der Waals surface area contributed by atoms with Crippen molar-refractivity contribution in [1.82, 2.24) is 14.9 Å². The van der Waals surface area contributed by atoms with E-state index in [1.165, 1.54) is 37.0 Å². The number of rotatable bonds is 7. The highest BCUT2D eigenvalue weighted by atomic mass is 35.5. The van der Waals surface area contributed by atoms with E-state index in [4.69, 9.17) is 11.6 Å². The summed E-state index contributed by atoms with van der Waals surface area (Å²) >= 11 is 7.08. The summed E-state index contributed by atoms with van der Waals surface area (Å²) in [5.74, 6) is 1.45. The SMILES string of the molecule is O=C(NCc1ccc(S(=O)(=O)N2CCC(N[C@@H]3C[C@@H]4CC[C@@H]3C4)C2)s1)c1ccc(Cl)cc1. The average Bonchev–Trinajstić information content (AvgIpc) is 3.57. The molecule has 1 saturated heterocycles. The van der Waals surface area contributed by atoms with Crippen molar-refractivity contribution in [3.8, 4) is 0 Å². The lowest BCUT2D eigenvalue weighted by Crippen LogP contribution is -2.43. The molecule has 3 fully saturated rings. The predicted octanol–water partition coefficient (Wildman–Crippen LogP) is 3.87. The minimum atomic E-state index is -3.51. The van der Waals surface area contributed by atoms with Gasteiger partial charge in [0.1, 0.15) is 4.21 Å². The summed E-state index contributed by atoms with van der Waals surface area (Å²) in [4.78, 5) is 13.1. The summed E-state index contributed by atoms with van der Waals surface area (Å²) in [5, 5.41) is 7.17. The number of hydrogen-bond donors (Lipinski definition) is 2. The molecule has 9 heteroatoms. The van der Waals surface area contributed by atoms with Crippen LogP contribution in [0.1, 0.15) is 47.3 Å². The van der Waals surface area contributed by atoms with E-state index in [0.717, 1.165) is 23.1 Å². The first kappa shape index (κ1) is 22.3. The van der Waals surface area contributed by atoms with Gasteiger partial charge < -0.3 is 10.6 Å². The number of carbonyl (C=O) groups is 1. The van der Waals surface area contributed by atoms with Crippen LogP contribution in [0.3, 0.4) is 0 Å². The quantitative estimate of drug-likeness (QED) is 0.613. The molecular formula is C23H28ClN3O3S2. The zero-order valence-electron chi connectivity index (χ0n) is 17.8. The third-order valence-corrected chi connectivity index (χ3v) is 10.8. The van der Waals surface area contributed by atoms with Gasteiger partial charge in [-0.3, -0.25) is 4.79 Å². The first-order valence-corrected chi connectivity index (χ1v) is 13.9. The molecule has 2 saturated carbocycles. The molecule has 1 aromatic carbocycles. The maximum absolute atomic E-state index is 13.2. The van der Waals surface area contributed by atoms with Gasteiger partial charge in [0.2, 0.25) is 0 Å². The van der Waals surface area contributed by atoms with E-state index < -0.39 is 10.0 Å². The van der Waals surface area contributed by atoms with E-state index in [0.29, 0.717) is 33.9 Å². The van der Waals surface area contributed by atoms with Crippen molar-refractivity contribution in [2.24, 2.45) is 11.8 Å². The fourth-order valence-electron chi connectivity index (χ4n) is 5.42. The Morgan fingerprint density at radius 3 is 2.62 bits per heavy atom. The Hall–Kier alpha value is -1.45. The van der Waals surface area contributed by atoms with Gasteiger partial charge in [-0.05, 0) is 73.9 Å². The summed E-state index contributed by atoms with van der Waals surface area (Å²) < 4.78 is 28.3. The summed E-state index contributed by atoms with van der Waals surface area (Å²) in [5.41, 5.74) is 0.518. The molecule has 2 N–H and O–H groups in total.